The Morgan fingerprint density at radius 1 is 1.39 bits per heavy atom. The fraction of sp³-hybridized carbons (Fsp3) is 0.462. The van der Waals surface area contributed by atoms with Crippen LogP contribution in [0.2, 0.25) is 0 Å². The normalized spacial score (nSPS) is 28.2. The van der Waals surface area contributed by atoms with Crippen molar-refractivity contribution >= 4 is 17.8 Å². The number of primary amides is 1. The van der Waals surface area contributed by atoms with Gasteiger partial charge < -0.3 is 10.6 Å². The molecule has 2 N–H and O–H groups in total. The van der Waals surface area contributed by atoms with E-state index < -0.39 is 6.03 Å². The van der Waals surface area contributed by atoms with Gasteiger partial charge in [-0.05, 0) is 17.7 Å². The molecule has 3 atom stereocenters. The number of amides is 2. The standard InChI is InChI=1S/C13H17FN2OS/c1-8-7-16(13(15)17)12(9(2)18-8)10-3-5-11(14)6-4-10/h3-6,8-9,12H,7H2,1-2H3,(H2,15,17). The van der Waals surface area contributed by atoms with Gasteiger partial charge in [0.25, 0.3) is 0 Å². The summed E-state index contributed by atoms with van der Waals surface area (Å²) in [5.41, 5.74) is 6.39. The van der Waals surface area contributed by atoms with E-state index in [1.54, 1.807) is 17.0 Å². The Balaban J connectivity index is 2.32. The number of nitrogens with zero attached hydrogens (tertiary/aromatic N) is 1. The zero-order valence-corrected chi connectivity index (χ0v) is 11.3. The quantitative estimate of drug-likeness (QED) is 0.851. The first-order chi connectivity index (χ1) is 8.49. The summed E-state index contributed by atoms with van der Waals surface area (Å²) in [5.74, 6) is -0.270. The number of benzene rings is 1. The second kappa shape index (κ2) is 5.18. The van der Waals surface area contributed by atoms with Gasteiger partial charge in [-0.15, -0.1) is 0 Å². The summed E-state index contributed by atoms with van der Waals surface area (Å²) in [6, 6.07) is 5.80. The molecule has 1 fully saturated rings. The molecule has 0 aliphatic carbocycles. The van der Waals surface area contributed by atoms with Crippen molar-refractivity contribution in [2.24, 2.45) is 5.73 Å². The van der Waals surface area contributed by atoms with Crippen LogP contribution < -0.4 is 5.73 Å². The van der Waals surface area contributed by atoms with Gasteiger partial charge in [0.05, 0.1) is 6.04 Å². The van der Waals surface area contributed by atoms with Crippen LogP contribution in [0.25, 0.3) is 0 Å². The molecule has 5 heteroatoms. The monoisotopic (exact) mass is 268 g/mol. The number of hydrogen-bond donors (Lipinski definition) is 1. The van der Waals surface area contributed by atoms with Crippen molar-refractivity contribution < 1.29 is 9.18 Å². The summed E-state index contributed by atoms with van der Waals surface area (Å²) in [4.78, 5) is 13.2. The van der Waals surface area contributed by atoms with E-state index in [9.17, 15) is 9.18 Å². The van der Waals surface area contributed by atoms with Crippen molar-refractivity contribution in [2.75, 3.05) is 6.54 Å². The van der Waals surface area contributed by atoms with Crippen LogP contribution in [0.4, 0.5) is 9.18 Å². The molecule has 0 saturated carbocycles. The highest BCUT2D eigenvalue weighted by molar-refractivity contribution is 8.00. The Bertz CT molecular complexity index is 437. The first-order valence-electron chi connectivity index (χ1n) is 5.96. The molecular formula is C13H17FN2OS. The SMILES string of the molecule is CC1CN(C(N)=O)C(c2ccc(F)cc2)C(C)S1. The molecule has 1 saturated heterocycles. The Labute approximate surface area is 111 Å². The number of urea groups is 1. The summed E-state index contributed by atoms with van der Waals surface area (Å²) in [6.45, 7) is 4.79. The molecule has 1 aromatic rings. The zero-order chi connectivity index (χ0) is 13.3. The van der Waals surface area contributed by atoms with E-state index in [0.717, 1.165) is 5.56 Å². The number of halogens is 1. The molecule has 3 nitrogen and oxygen atoms in total. The summed E-state index contributed by atoms with van der Waals surface area (Å²) in [5, 5.41) is 0.607. The molecule has 0 spiro atoms. The molecule has 18 heavy (non-hydrogen) atoms. The van der Waals surface area contributed by atoms with Crippen LogP contribution in [0.5, 0.6) is 0 Å². The number of nitrogens with two attached hydrogens (primary N) is 1. The summed E-state index contributed by atoms with van der Waals surface area (Å²) in [6.07, 6.45) is 0. The van der Waals surface area contributed by atoms with Crippen molar-refractivity contribution in [2.45, 2.75) is 30.4 Å². The van der Waals surface area contributed by atoms with Crippen LogP contribution in [0.3, 0.4) is 0 Å². The van der Waals surface area contributed by atoms with Crippen molar-refractivity contribution in [3.63, 3.8) is 0 Å². The minimum Gasteiger partial charge on any atom is -0.351 e. The fourth-order valence-corrected chi connectivity index (χ4v) is 3.90. The fourth-order valence-electron chi connectivity index (χ4n) is 2.47. The lowest BCUT2D eigenvalue weighted by Gasteiger charge is -2.41. The van der Waals surface area contributed by atoms with Gasteiger partial charge in [0, 0.05) is 17.0 Å². The third-order valence-electron chi connectivity index (χ3n) is 3.18. The van der Waals surface area contributed by atoms with E-state index in [0.29, 0.717) is 11.8 Å². The lowest BCUT2D eigenvalue weighted by molar-refractivity contribution is 0.180. The third-order valence-corrected chi connectivity index (χ3v) is 4.48. The molecule has 2 rings (SSSR count). The van der Waals surface area contributed by atoms with Crippen molar-refractivity contribution in [1.29, 1.82) is 0 Å². The van der Waals surface area contributed by atoms with Crippen LogP contribution in [-0.2, 0) is 0 Å². The van der Waals surface area contributed by atoms with Crippen LogP contribution in [-0.4, -0.2) is 28.0 Å². The lowest BCUT2D eigenvalue weighted by atomic mass is 10.0. The van der Waals surface area contributed by atoms with Crippen molar-refractivity contribution in [1.82, 2.24) is 4.90 Å². The zero-order valence-electron chi connectivity index (χ0n) is 10.5. The molecule has 1 aliphatic heterocycles. The van der Waals surface area contributed by atoms with Gasteiger partial charge in [0.1, 0.15) is 5.82 Å². The molecule has 0 radical (unpaired) electrons. The van der Waals surface area contributed by atoms with Gasteiger partial charge in [-0.25, -0.2) is 9.18 Å². The summed E-state index contributed by atoms with van der Waals surface area (Å²) < 4.78 is 13.0. The second-order valence-electron chi connectivity index (χ2n) is 4.64. The first kappa shape index (κ1) is 13.2. The largest absolute Gasteiger partial charge is 0.351 e. The average Bonchev–Trinajstić information content (AvgIpc) is 2.29. The maximum Gasteiger partial charge on any atom is 0.315 e. The maximum atomic E-state index is 13.0. The van der Waals surface area contributed by atoms with Gasteiger partial charge in [0.2, 0.25) is 0 Å². The molecule has 1 aromatic carbocycles. The molecule has 2 amide bonds. The van der Waals surface area contributed by atoms with E-state index in [2.05, 4.69) is 13.8 Å². The predicted molar refractivity (Wildman–Crippen MR) is 71.9 cm³/mol. The van der Waals surface area contributed by atoms with Gasteiger partial charge in [0.15, 0.2) is 0 Å². The van der Waals surface area contributed by atoms with Gasteiger partial charge >= 0.3 is 6.03 Å². The number of thioether (sulfide) groups is 1. The summed E-state index contributed by atoms with van der Waals surface area (Å²) in [7, 11) is 0. The maximum absolute atomic E-state index is 13.0. The van der Waals surface area contributed by atoms with Gasteiger partial charge in [-0.1, -0.05) is 26.0 Å². The number of hydrogen-bond acceptors (Lipinski definition) is 2. The molecular weight excluding hydrogens is 251 g/mol. The molecule has 98 valence electrons. The highest BCUT2D eigenvalue weighted by Gasteiger charge is 2.35. The Kier molecular flexibility index (Phi) is 3.80. The molecule has 3 unspecified atom stereocenters. The highest BCUT2D eigenvalue weighted by atomic mass is 32.2. The van der Waals surface area contributed by atoms with E-state index in [1.807, 2.05) is 11.8 Å². The Morgan fingerprint density at radius 2 is 2.00 bits per heavy atom. The van der Waals surface area contributed by atoms with Crippen molar-refractivity contribution in [3.05, 3.63) is 35.6 Å². The lowest BCUT2D eigenvalue weighted by Crippen LogP contribution is -2.48. The Hall–Kier alpha value is -1.23. The number of carbonyl (C=O) groups is 1. The minimum absolute atomic E-state index is 0.0794. The van der Waals surface area contributed by atoms with Crippen LogP contribution >= 0.6 is 11.8 Å². The van der Waals surface area contributed by atoms with E-state index in [4.69, 9.17) is 5.73 Å². The number of carbonyl (C=O) groups excluding carboxylic acids is 1. The van der Waals surface area contributed by atoms with Crippen molar-refractivity contribution in [3.8, 4) is 0 Å². The smallest absolute Gasteiger partial charge is 0.315 e. The average molecular weight is 268 g/mol. The van der Waals surface area contributed by atoms with Gasteiger partial charge in [-0.3, -0.25) is 0 Å². The van der Waals surface area contributed by atoms with Crippen LogP contribution in [0, 0.1) is 5.82 Å². The van der Waals surface area contributed by atoms with Crippen LogP contribution in [0.1, 0.15) is 25.5 Å². The molecule has 0 bridgehead atoms. The highest BCUT2D eigenvalue weighted by Crippen LogP contribution is 2.38. The topological polar surface area (TPSA) is 46.3 Å². The summed E-state index contributed by atoms with van der Waals surface area (Å²) >= 11 is 1.83. The molecule has 1 aliphatic rings. The van der Waals surface area contributed by atoms with E-state index in [-0.39, 0.29) is 17.1 Å². The van der Waals surface area contributed by atoms with E-state index in [1.165, 1.54) is 12.1 Å². The van der Waals surface area contributed by atoms with Gasteiger partial charge in [-0.2, -0.15) is 11.8 Å². The minimum atomic E-state index is -0.414. The second-order valence-corrected chi connectivity index (χ2v) is 6.46. The van der Waals surface area contributed by atoms with Crippen LogP contribution in [0.15, 0.2) is 24.3 Å². The number of rotatable bonds is 1. The van der Waals surface area contributed by atoms with E-state index >= 15 is 0 Å². The third kappa shape index (κ3) is 2.61. The Morgan fingerprint density at radius 3 is 2.56 bits per heavy atom. The molecule has 0 aromatic heterocycles. The first-order valence-corrected chi connectivity index (χ1v) is 6.90. The molecule has 1 heterocycles. The predicted octanol–water partition coefficient (Wildman–Crippen LogP) is 2.77.